The maximum Gasteiger partial charge on any atom is 0.279 e. The lowest BCUT2D eigenvalue weighted by molar-refractivity contribution is 0.221. The Bertz CT molecular complexity index is 395. The van der Waals surface area contributed by atoms with Crippen molar-refractivity contribution in [1.82, 2.24) is 13.9 Å². The van der Waals surface area contributed by atoms with Crippen LogP contribution >= 0.6 is 0 Å². The van der Waals surface area contributed by atoms with E-state index >= 15 is 0 Å². The van der Waals surface area contributed by atoms with Gasteiger partial charge in [0.25, 0.3) is 10.2 Å². The highest BCUT2D eigenvalue weighted by Gasteiger charge is 2.32. The van der Waals surface area contributed by atoms with Gasteiger partial charge >= 0.3 is 0 Å². The first-order valence-electron chi connectivity index (χ1n) is 7.90. The SMILES string of the molecule is CC(C)(CN1CCCCCC1)NS(=O)(=O)N1CCCC1. The van der Waals surface area contributed by atoms with Crippen molar-refractivity contribution in [2.45, 2.75) is 57.9 Å². The Morgan fingerprint density at radius 2 is 1.40 bits per heavy atom. The topological polar surface area (TPSA) is 52.7 Å². The summed E-state index contributed by atoms with van der Waals surface area (Å²) < 4.78 is 29.2. The monoisotopic (exact) mass is 303 g/mol. The van der Waals surface area contributed by atoms with E-state index in [1.54, 1.807) is 4.31 Å². The number of hydrogen-bond donors (Lipinski definition) is 1. The van der Waals surface area contributed by atoms with E-state index in [9.17, 15) is 8.42 Å². The van der Waals surface area contributed by atoms with Crippen molar-refractivity contribution in [3.63, 3.8) is 0 Å². The molecule has 0 aromatic carbocycles. The van der Waals surface area contributed by atoms with E-state index in [-0.39, 0.29) is 0 Å². The Hall–Kier alpha value is -0.170. The molecule has 2 heterocycles. The van der Waals surface area contributed by atoms with Crippen molar-refractivity contribution in [2.24, 2.45) is 0 Å². The van der Waals surface area contributed by atoms with Gasteiger partial charge in [-0.05, 0) is 52.6 Å². The molecule has 2 aliphatic rings. The zero-order chi connectivity index (χ0) is 14.6. The number of nitrogens with zero attached hydrogens (tertiary/aromatic N) is 2. The highest BCUT2D eigenvalue weighted by atomic mass is 32.2. The van der Waals surface area contributed by atoms with Gasteiger partial charge in [-0.15, -0.1) is 0 Å². The highest BCUT2D eigenvalue weighted by Crippen LogP contribution is 2.17. The van der Waals surface area contributed by atoms with Crippen molar-refractivity contribution in [3.8, 4) is 0 Å². The molecule has 2 fully saturated rings. The molecule has 118 valence electrons. The first-order valence-corrected chi connectivity index (χ1v) is 9.34. The van der Waals surface area contributed by atoms with Crippen LogP contribution in [0.25, 0.3) is 0 Å². The van der Waals surface area contributed by atoms with Crippen molar-refractivity contribution < 1.29 is 8.42 Å². The molecule has 2 rings (SSSR count). The van der Waals surface area contributed by atoms with E-state index in [1.807, 2.05) is 13.8 Å². The van der Waals surface area contributed by atoms with Crippen LogP contribution in [0, 0.1) is 0 Å². The van der Waals surface area contributed by atoms with Gasteiger partial charge in [-0.2, -0.15) is 17.4 Å². The maximum atomic E-state index is 12.4. The van der Waals surface area contributed by atoms with E-state index in [1.165, 1.54) is 25.7 Å². The number of rotatable bonds is 5. The zero-order valence-electron chi connectivity index (χ0n) is 12.9. The van der Waals surface area contributed by atoms with Gasteiger partial charge in [0.1, 0.15) is 0 Å². The quantitative estimate of drug-likeness (QED) is 0.839. The predicted octanol–water partition coefficient (Wildman–Crippen LogP) is 1.57. The molecule has 20 heavy (non-hydrogen) atoms. The minimum Gasteiger partial charge on any atom is -0.301 e. The van der Waals surface area contributed by atoms with Gasteiger partial charge in [0.2, 0.25) is 0 Å². The Balaban J connectivity index is 1.91. The Morgan fingerprint density at radius 3 is 1.95 bits per heavy atom. The first-order chi connectivity index (χ1) is 9.39. The maximum absolute atomic E-state index is 12.4. The fraction of sp³-hybridized carbons (Fsp3) is 1.00. The smallest absolute Gasteiger partial charge is 0.279 e. The van der Waals surface area contributed by atoms with E-state index in [0.717, 1.165) is 32.5 Å². The summed E-state index contributed by atoms with van der Waals surface area (Å²) in [6, 6.07) is 0. The molecule has 1 N–H and O–H groups in total. The van der Waals surface area contributed by atoms with Crippen LogP contribution in [-0.2, 0) is 10.2 Å². The molecule has 0 unspecified atom stereocenters. The zero-order valence-corrected chi connectivity index (χ0v) is 13.7. The Kier molecular flexibility index (Phi) is 5.45. The van der Waals surface area contributed by atoms with Crippen molar-refractivity contribution in [1.29, 1.82) is 0 Å². The minimum absolute atomic E-state index is 0.411. The summed E-state index contributed by atoms with van der Waals surface area (Å²) in [6.07, 6.45) is 7.03. The lowest BCUT2D eigenvalue weighted by atomic mass is 10.1. The number of likely N-dealkylation sites (tertiary alicyclic amines) is 1. The predicted molar refractivity (Wildman–Crippen MR) is 81.8 cm³/mol. The molecule has 0 aromatic heterocycles. The van der Waals surface area contributed by atoms with Crippen molar-refractivity contribution in [2.75, 3.05) is 32.7 Å². The van der Waals surface area contributed by atoms with Crippen LogP contribution in [0.15, 0.2) is 0 Å². The van der Waals surface area contributed by atoms with Crippen LogP contribution in [0.2, 0.25) is 0 Å². The summed E-state index contributed by atoms with van der Waals surface area (Å²) in [7, 11) is -3.32. The van der Waals surface area contributed by atoms with E-state index < -0.39 is 15.7 Å². The standard InChI is InChI=1S/C14H29N3O2S/c1-14(2,13-16-9-5-3-4-6-10-16)15-20(18,19)17-11-7-8-12-17/h15H,3-13H2,1-2H3. The second-order valence-electron chi connectivity index (χ2n) is 6.79. The molecular formula is C14H29N3O2S. The average molecular weight is 303 g/mol. The molecule has 5 nitrogen and oxygen atoms in total. The molecule has 0 aromatic rings. The molecule has 2 aliphatic heterocycles. The molecule has 0 aliphatic carbocycles. The first kappa shape index (κ1) is 16.2. The third-order valence-corrected chi connectivity index (χ3v) is 5.98. The van der Waals surface area contributed by atoms with Crippen LogP contribution < -0.4 is 4.72 Å². The molecule has 0 spiro atoms. The van der Waals surface area contributed by atoms with E-state index in [4.69, 9.17) is 0 Å². The van der Waals surface area contributed by atoms with Crippen LogP contribution in [0.3, 0.4) is 0 Å². The van der Waals surface area contributed by atoms with Crippen LogP contribution in [0.1, 0.15) is 52.4 Å². The summed E-state index contributed by atoms with van der Waals surface area (Å²) in [6.45, 7) is 8.28. The van der Waals surface area contributed by atoms with Gasteiger partial charge in [-0.3, -0.25) is 0 Å². The van der Waals surface area contributed by atoms with Crippen molar-refractivity contribution >= 4 is 10.2 Å². The molecule has 0 amide bonds. The fourth-order valence-corrected chi connectivity index (χ4v) is 4.86. The highest BCUT2D eigenvalue weighted by molar-refractivity contribution is 7.87. The van der Waals surface area contributed by atoms with Gasteiger partial charge in [-0.1, -0.05) is 12.8 Å². The van der Waals surface area contributed by atoms with Crippen LogP contribution in [-0.4, -0.2) is 55.9 Å². The molecular weight excluding hydrogens is 274 g/mol. The van der Waals surface area contributed by atoms with Crippen molar-refractivity contribution in [3.05, 3.63) is 0 Å². The second-order valence-corrected chi connectivity index (χ2v) is 8.46. The summed E-state index contributed by atoms with van der Waals surface area (Å²) in [4.78, 5) is 2.40. The summed E-state index contributed by atoms with van der Waals surface area (Å²) in [5.41, 5.74) is -0.411. The summed E-state index contributed by atoms with van der Waals surface area (Å²) >= 11 is 0. The molecule has 0 bridgehead atoms. The normalized spacial score (nSPS) is 23.9. The van der Waals surface area contributed by atoms with Gasteiger partial charge in [0.05, 0.1) is 0 Å². The average Bonchev–Trinajstić information content (AvgIpc) is 2.76. The Morgan fingerprint density at radius 1 is 0.900 bits per heavy atom. The van der Waals surface area contributed by atoms with Crippen LogP contribution in [0.5, 0.6) is 0 Å². The summed E-state index contributed by atoms with van der Waals surface area (Å²) in [5.74, 6) is 0. The van der Waals surface area contributed by atoms with Gasteiger partial charge in [-0.25, -0.2) is 0 Å². The lowest BCUT2D eigenvalue weighted by Crippen LogP contribution is -2.55. The number of hydrogen-bond acceptors (Lipinski definition) is 3. The molecule has 0 saturated carbocycles. The van der Waals surface area contributed by atoms with E-state index in [2.05, 4.69) is 9.62 Å². The van der Waals surface area contributed by atoms with Gasteiger partial charge in [0.15, 0.2) is 0 Å². The van der Waals surface area contributed by atoms with Crippen LogP contribution in [0.4, 0.5) is 0 Å². The fourth-order valence-electron chi connectivity index (χ4n) is 3.23. The lowest BCUT2D eigenvalue weighted by Gasteiger charge is -2.33. The van der Waals surface area contributed by atoms with Gasteiger partial charge < -0.3 is 4.90 Å². The number of nitrogens with one attached hydrogen (secondary N) is 1. The largest absolute Gasteiger partial charge is 0.301 e. The Labute approximate surface area is 123 Å². The minimum atomic E-state index is -3.32. The summed E-state index contributed by atoms with van der Waals surface area (Å²) in [5, 5.41) is 0. The molecule has 0 atom stereocenters. The molecule has 0 radical (unpaired) electrons. The van der Waals surface area contributed by atoms with Gasteiger partial charge in [0, 0.05) is 25.2 Å². The second kappa shape index (κ2) is 6.73. The van der Waals surface area contributed by atoms with E-state index in [0.29, 0.717) is 13.1 Å². The third-order valence-electron chi connectivity index (χ3n) is 4.13. The molecule has 2 saturated heterocycles. The third kappa shape index (κ3) is 4.69. The molecule has 6 heteroatoms.